The van der Waals surface area contributed by atoms with E-state index in [4.69, 9.17) is 37.0 Å². The molecule has 0 fully saturated rings. The minimum atomic E-state index is -5.00. The molecule has 5 atom stereocenters. The van der Waals surface area contributed by atoms with Gasteiger partial charge < -0.3 is 33.8 Å². The number of phosphoric acid groups is 2. The van der Waals surface area contributed by atoms with Crippen LogP contribution in [0.4, 0.5) is 0 Å². The molecule has 0 aromatic rings. The van der Waals surface area contributed by atoms with Crippen molar-refractivity contribution < 1.29 is 80.2 Å². The molecule has 0 aliphatic carbocycles. The van der Waals surface area contributed by atoms with Gasteiger partial charge in [0.2, 0.25) is 0 Å². The van der Waals surface area contributed by atoms with Gasteiger partial charge in [0.1, 0.15) is 19.3 Å². The molecule has 0 aromatic carbocycles. The predicted octanol–water partition coefficient (Wildman–Crippen LogP) is 24.7. The molecular formula is C87H150O17P2. The number of unbranched alkanes of at least 4 members (excludes halogenated alkanes) is 32. The summed E-state index contributed by atoms with van der Waals surface area (Å²) >= 11 is 0. The van der Waals surface area contributed by atoms with Gasteiger partial charge in [0.15, 0.2) is 12.2 Å². The zero-order chi connectivity index (χ0) is 77.4. The first-order chi connectivity index (χ1) is 51.7. The Morgan fingerprint density at radius 2 is 0.519 bits per heavy atom. The van der Waals surface area contributed by atoms with Crippen molar-refractivity contribution in [2.45, 2.75) is 367 Å². The number of hydrogen-bond donors (Lipinski definition) is 3. The van der Waals surface area contributed by atoms with Crippen molar-refractivity contribution >= 4 is 39.5 Å². The fourth-order valence-electron chi connectivity index (χ4n) is 11.1. The molecule has 0 aliphatic heterocycles. The van der Waals surface area contributed by atoms with Gasteiger partial charge in [0.05, 0.1) is 26.4 Å². The molecule has 0 spiro atoms. The molecule has 0 amide bonds. The minimum Gasteiger partial charge on any atom is -0.462 e. The van der Waals surface area contributed by atoms with E-state index < -0.39 is 97.5 Å². The molecule has 0 bridgehead atoms. The number of allylic oxidation sites excluding steroid dienone is 20. The van der Waals surface area contributed by atoms with Gasteiger partial charge in [-0.2, -0.15) is 0 Å². The fraction of sp³-hybridized carbons (Fsp3) is 0.724. The Morgan fingerprint density at radius 3 is 0.840 bits per heavy atom. The van der Waals surface area contributed by atoms with Crippen LogP contribution in [0.2, 0.25) is 0 Å². The Morgan fingerprint density at radius 1 is 0.274 bits per heavy atom. The maximum absolute atomic E-state index is 13.1. The highest BCUT2D eigenvalue weighted by atomic mass is 31.2. The van der Waals surface area contributed by atoms with Crippen LogP contribution in [0.15, 0.2) is 122 Å². The zero-order valence-corrected chi connectivity index (χ0v) is 68.6. The van der Waals surface area contributed by atoms with E-state index in [1.165, 1.54) is 154 Å². The van der Waals surface area contributed by atoms with Gasteiger partial charge in [0, 0.05) is 25.7 Å². The molecular weight excluding hydrogens is 1380 g/mol. The van der Waals surface area contributed by atoms with Crippen LogP contribution < -0.4 is 0 Å². The quantitative estimate of drug-likeness (QED) is 0.0169. The molecule has 106 heavy (non-hydrogen) atoms. The van der Waals surface area contributed by atoms with E-state index in [-0.39, 0.29) is 25.7 Å². The van der Waals surface area contributed by atoms with Crippen molar-refractivity contribution in [1.82, 2.24) is 0 Å². The van der Waals surface area contributed by atoms with Crippen LogP contribution in [0.25, 0.3) is 0 Å². The second-order valence-corrected chi connectivity index (χ2v) is 30.6. The lowest BCUT2D eigenvalue weighted by Gasteiger charge is -2.21. The SMILES string of the molecule is CC/C=C\C/C=C\C/C=C\C/C=C\C/C=C\C/C=C\CCC(=O)O[C@H](COC(=O)CCCCCCCCCCCCCCCCC)COP(=O)(O)OC[C@@H](O)COP(=O)(O)OC[C@@H](COC(=O)CCCCCCCCCCCCCCCCC)OC(=O)CCC/C=C\C/C=C\C/C=C\C/C=C\CCCCC. The predicted molar refractivity (Wildman–Crippen MR) is 436 cm³/mol. The highest BCUT2D eigenvalue weighted by Gasteiger charge is 2.30. The lowest BCUT2D eigenvalue weighted by Crippen LogP contribution is -2.30. The lowest BCUT2D eigenvalue weighted by atomic mass is 10.0. The van der Waals surface area contributed by atoms with Crippen molar-refractivity contribution in [3.63, 3.8) is 0 Å². The Balaban J connectivity index is 5.47. The summed E-state index contributed by atoms with van der Waals surface area (Å²) in [5.74, 6) is -2.32. The topological polar surface area (TPSA) is 237 Å². The molecule has 0 aliphatic rings. The van der Waals surface area contributed by atoms with E-state index >= 15 is 0 Å². The maximum atomic E-state index is 13.1. The van der Waals surface area contributed by atoms with Gasteiger partial charge in [-0.3, -0.25) is 37.3 Å². The lowest BCUT2D eigenvalue weighted by molar-refractivity contribution is -0.161. The van der Waals surface area contributed by atoms with Crippen molar-refractivity contribution in [2.24, 2.45) is 0 Å². The Labute approximate surface area is 644 Å². The van der Waals surface area contributed by atoms with Crippen molar-refractivity contribution in [3.8, 4) is 0 Å². The third kappa shape index (κ3) is 77.6. The molecule has 0 rings (SSSR count). The Bertz CT molecular complexity index is 2480. The summed E-state index contributed by atoms with van der Waals surface area (Å²) in [6, 6.07) is 0. The molecule has 0 saturated heterocycles. The summed E-state index contributed by atoms with van der Waals surface area (Å²) in [4.78, 5) is 73.1. The fourth-order valence-corrected chi connectivity index (χ4v) is 12.7. The van der Waals surface area contributed by atoms with Gasteiger partial charge in [-0.15, -0.1) is 0 Å². The van der Waals surface area contributed by atoms with E-state index in [1.807, 2.05) is 30.4 Å². The molecule has 0 aromatic heterocycles. The summed E-state index contributed by atoms with van der Waals surface area (Å²) in [5.41, 5.74) is 0. The smallest absolute Gasteiger partial charge is 0.462 e. The van der Waals surface area contributed by atoms with Crippen molar-refractivity contribution in [1.29, 1.82) is 0 Å². The Kier molecular flexibility index (Phi) is 75.2. The van der Waals surface area contributed by atoms with Crippen LogP contribution in [-0.4, -0.2) is 96.7 Å². The van der Waals surface area contributed by atoms with Crippen LogP contribution >= 0.6 is 15.6 Å². The third-order valence-electron chi connectivity index (χ3n) is 17.5. The second kappa shape index (κ2) is 78.6. The van der Waals surface area contributed by atoms with Crippen LogP contribution in [0.3, 0.4) is 0 Å². The first-order valence-electron chi connectivity index (χ1n) is 41.8. The first-order valence-corrected chi connectivity index (χ1v) is 44.8. The zero-order valence-electron chi connectivity index (χ0n) is 66.8. The number of carbonyl (C=O) groups excluding carboxylic acids is 4. The molecule has 2 unspecified atom stereocenters. The summed E-state index contributed by atoms with van der Waals surface area (Å²) in [6.45, 7) is 4.64. The molecule has 19 heteroatoms. The normalized spacial score (nSPS) is 14.4. The van der Waals surface area contributed by atoms with E-state index in [2.05, 4.69) is 119 Å². The summed E-state index contributed by atoms with van der Waals surface area (Å²) < 4.78 is 68.6. The van der Waals surface area contributed by atoms with E-state index in [9.17, 15) is 43.2 Å². The van der Waals surface area contributed by atoms with Crippen LogP contribution in [0.5, 0.6) is 0 Å². The summed E-state index contributed by atoms with van der Waals surface area (Å²) in [5, 5.41) is 10.7. The number of hydrogen-bond acceptors (Lipinski definition) is 15. The van der Waals surface area contributed by atoms with Gasteiger partial charge in [-0.05, 0) is 103 Å². The average Bonchev–Trinajstić information content (AvgIpc) is 0.906. The van der Waals surface area contributed by atoms with Gasteiger partial charge in [-0.1, -0.05) is 342 Å². The molecule has 0 heterocycles. The Hall–Kier alpha value is -4.54. The number of rotatable bonds is 78. The van der Waals surface area contributed by atoms with Crippen molar-refractivity contribution in [2.75, 3.05) is 39.6 Å². The summed E-state index contributed by atoms with van der Waals surface area (Å²) in [6.07, 6.45) is 87.6. The molecule has 610 valence electrons. The highest BCUT2D eigenvalue weighted by Crippen LogP contribution is 2.45. The number of esters is 4. The molecule has 0 radical (unpaired) electrons. The standard InChI is InChI=1S/C87H150O17P2/c1-5-9-13-17-21-25-29-33-37-39-40-42-46-50-54-58-62-66-70-74-87(92)104-83(78-98-85(90)72-68-64-60-56-52-48-44-36-32-28-24-20-16-12-8-4)80-102-106(95,96)100-76-81(88)75-99-105(93,94)101-79-82(77-97-84(89)71-67-63-59-55-51-47-43-35-31-27-23-19-15-11-7-3)103-86(91)73-69-65-61-57-53-49-45-41-38-34-30-26-22-18-14-10-6-2/h9,13,21-22,25-26,33-34,37-38,40,42,45,49-50,54,57,61-62,66,81-83,88H,5-8,10-12,14-20,23-24,27-32,35-36,39,41,43-44,46-48,51-53,55-56,58-60,63-65,67-80H2,1-4H3,(H,93,94)(H,95,96)/b13-9-,25-21-,26-22-,37-33-,38-34-,42-40-,49-45-,54-50-,61-57-,66-62-/t81-,82+,83+/m0/s1. The molecule has 0 saturated carbocycles. The summed E-state index contributed by atoms with van der Waals surface area (Å²) in [7, 11) is -10.0. The minimum absolute atomic E-state index is 0.0180. The van der Waals surface area contributed by atoms with E-state index in [0.717, 1.165) is 103 Å². The number of ether oxygens (including phenoxy) is 4. The molecule has 3 N–H and O–H groups in total. The third-order valence-corrected chi connectivity index (χ3v) is 19.4. The van der Waals surface area contributed by atoms with Gasteiger partial charge >= 0.3 is 39.5 Å². The molecule has 17 nitrogen and oxygen atoms in total. The van der Waals surface area contributed by atoms with Crippen LogP contribution in [-0.2, 0) is 65.4 Å². The first kappa shape index (κ1) is 101. The number of phosphoric ester groups is 2. The largest absolute Gasteiger partial charge is 0.472 e. The number of aliphatic hydroxyl groups excluding tert-OH is 1. The number of aliphatic hydroxyl groups is 1. The maximum Gasteiger partial charge on any atom is 0.472 e. The van der Waals surface area contributed by atoms with Crippen molar-refractivity contribution in [3.05, 3.63) is 122 Å². The second-order valence-electron chi connectivity index (χ2n) is 27.7. The average molecular weight is 1530 g/mol. The number of carbonyl (C=O) groups is 4. The van der Waals surface area contributed by atoms with E-state index in [0.29, 0.717) is 38.5 Å². The highest BCUT2D eigenvalue weighted by molar-refractivity contribution is 7.47. The van der Waals surface area contributed by atoms with Gasteiger partial charge in [0.25, 0.3) is 0 Å². The van der Waals surface area contributed by atoms with E-state index in [1.54, 1.807) is 0 Å². The van der Waals surface area contributed by atoms with Crippen LogP contribution in [0, 0.1) is 0 Å². The van der Waals surface area contributed by atoms with Crippen LogP contribution in [0.1, 0.15) is 349 Å². The van der Waals surface area contributed by atoms with Gasteiger partial charge in [-0.25, -0.2) is 9.13 Å². The monoisotopic (exact) mass is 1530 g/mol.